The molecule has 1 aromatic rings. The van der Waals surface area contributed by atoms with Gasteiger partial charge in [0.2, 0.25) is 0 Å². The first-order chi connectivity index (χ1) is 3.39. The number of pyridine rings is 1. The Kier molecular flexibility index (Phi) is 2.88. The maximum Gasteiger partial charge on any atom is 0.163 e. The van der Waals surface area contributed by atoms with E-state index in [2.05, 4.69) is 4.98 Å². The van der Waals surface area contributed by atoms with Gasteiger partial charge in [-0.1, -0.05) is 12.1 Å². The molecule has 0 saturated heterocycles. The predicted octanol–water partition coefficient (Wildman–Crippen LogP) is -0.498. The van der Waals surface area contributed by atoms with Crippen molar-refractivity contribution in [2.75, 3.05) is 0 Å². The van der Waals surface area contributed by atoms with Gasteiger partial charge in [-0.05, 0) is 11.7 Å². The van der Waals surface area contributed by atoms with Crippen molar-refractivity contribution in [2.24, 2.45) is 0 Å². The first-order valence-electron chi connectivity index (χ1n) is 2.27. The van der Waals surface area contributed by atoms with E-state index in [-0.39, 0.29) is 6.15 Å². The second-order valence-corrected chi connectivity index (χ2v) is 1.47. The third-order valence-corrected chi connectivity index (χ3v) is 0.813. The zero-order valence-corrected chi connectivity index (χ0v) is 4.96. The third kappa shape index (κ3) is 1.75. The minimum atomic E-state index is 0. The predicted molar refractivity (Wildman–Crippen MR) is 37.4 cm³/mol. The Morgan fingerprint density at radius 1 is 1.38 bits per heavy atom. The number of aromatic nitrogens is 1. The Hall–Kier alpha value is -0.825. The molecular weight excluding hydrogens is 98.9 g/mol. The van der Waals surface area contributed by atoms with E-state index in [1.54, 1.807) is 6.20 Å². The molecule has 42 valence electrons. The SMILES string of the molecule is Bc1ccccn1.N. The van der Waals surface area contributed by atoms with Gasteiger partial charge in [-0.15, -0.1) is 0 Å². The lowest BCUT2D eigenvalue weighted by molar-refractivity contribution is 1.39. The van der Waals surface area contributed by atoms with Crippen molar-refractivity contribution >= 4 is 13.4 Å². The largest absolute Gasteiger partial charge is 0.344 e. The Morgan fingerprint density at radius 3 is 2.38 bits per heavy atom. The van der Waals surface area contributed by atoms with Crippen LogP contribution in [0.15, 0.2) is 24.4 Å². The Morgan fingerprint density at radius 2 is 2.12 bits per heavy atom. The van der Waals surface area contributed by atoms with Gasteiger partial charge in [0.25, 0.3) is 0 Å². The van der Waals surface area contributed by atoms with E-state index in [4.69, 9.17) is 0 Å². The average molecular weight is 108 g/mol. The minimum Gasteiger partial charge on any atom is -0.344 e. The van der Waals surface area contributed by atoms with E-state index < -0.39 is 0 Å². The summed E-state index contributed by atoms with van der Waals surface area (Å²) in [5, 5.41) is 0. The molecule has 0 radical (unpaired) electrons. The lowest BCUT2D eigenvalue weighted by Gasteiger charge is -1.82. The van der Waals surface area contributed by atoms with Crippen LogP contribution in [0.5, 0.6) is 0 Å². The lowest BCUT2D eigenvalue weighted by atomic mass is 10.1. The normalized spacial score (nSPS) is 7.50. The van der Waals surface area contributed by atoms with Gasteiger partial charge in [0, 0.05) is 6.20 Å². The van der Waals surface area contributed by atoms with Crippen LogP contribution in [0.3, 0.4) is 0 Å². The van der Waals surface area contributed by atoms with Crippen molar-refractivity contribution in [3.05, 3.63) is 24.4 Å². The van der Waals surface area contributed by atoms with Crippen molar-refractivity contribution < 1.29 is 0 Å². The molecule has 1 heterocycles. The maximum absolute atomic E-state index is 3.98. The van der Waals surface area contributed by atoms with Crippen LogP contribution in [-0.4, -0.2) is 12.8 Å². The molecule has 2 nitrogen and oxygen atoms in total. The highest BCUT2D eigenvalue weighted by Gasteiger charge is 1.73. The Bertz CT molecular complexity index is 140. The highest BCUT2D eigenvalue weighted by atomic mass is 14.6. The Balaban J connectivity index is 0.000000490. The molecule has 3 N–H and O–H groups in total. The van der Waals surface area contributed by atoms with Crippen molar-refractivity contribution in [1.29, 1.82) is 0 Å². The van der Waals surface area contributed by atoms with Crippen LogP contribution in [0.2, 0.25) is 0 Å². The fourth-order valence-electron chi connectivity index (χ4n) is 0.448. The molecule has 0 aromatic carbocycles. The molecule has 0 atom stereocenters. The summed E-state index contributed by atoms with van der Waals surface area (Å²) in [5.74, 6) is 0. The second-order valence-electron chi connectivity index (χ2n) is 1.47. The van der Waals surface area contributed by atoms with Gasteiger partial charge in [0.15, 0.2) is 7.85 Å². The minimum absolute atomic E-state index is 0. The summed E-state index contributed by atoms with van der Waals surface area (Å²) in [6.45, 7) is 0. The van der Waals surface area contributed by atoms with E-state index >= 15 is 0 Å². The monoisotopic (exact) mass is 108 g/mol. The molecular formula is C5H9BN2. The first kappa shape index (κ1) is 7.17. The van der Waals surface area contributed by atoms with Gasteiger partial charge in [0.05, 0.1) is 0 Å². The summed E-state index contributed by atoms with van der Waals surface area (Å²) in [7, 11) is 1.97. The highest BCUT2D eigenvalue weighted by molar-refractivity contribution is 6.30. The first-order valence-corrected chi connectivity index (χ1v) is 2.27. The number of rotatable bonds is 0. The van der Waals surface area contributed by atoms with Crippen LogP contribution < -0.4 is 11.7 Å². The number of hydrogen-bond acceptors (Lipinski definition) is 2. The zero-order valence-electron chi connectivity index (χ0n) is 4.96. The van der Waals surface area contributed by atoms with Crippen LogP contribution in [0.4, 0.5) is 0 Å². The van der Waals surface area contributed by atoms with Crippen molar-refractivity contribution in [3.63, 3.8) is 0 Å². The van der Waals surface area contributed by atoms with Crippen LogP contribution in [0, 0.1) is 0 Å². The molecule has 0 aliphatic carbocycles. The summed E-state index contributed by atoms with van der Waals surface area (Å²) in [4.78, 5) is 3.98. The van der Waals surface area contributed by atoms with Gasteiger partial charge in [0.1, 0.15) is 0 Å². The molecule has 1 aromatic heterocycles. The summed E-state index contributed by atoms with van der Waals surface area (Å²) in [5.41, 5.74) is 1.07. The number of nitrogens with zero attached hydrogens (tertiary/aromatic N) is 1. The second kappa shape index (κ2) is 3.21. The van der Waals surface area contributed by atoms with Crippen molar-refractivity contribution in [2.45, 2.75) is 0 Å². The quantitative estimate of drug-likeness (QED) is 0.455. The topological polar surface area (TPSA) is 47.9 Å². The van der Waals surface area contributed by atoms with Gasteiger partial charge in [-0.3, -0.25) is 4.98 Å². The molecule has 0 bridgehead atoms. The molecule has 8 heavy (non-hydrogen) atoms. The van der Waals surface area contributed by atoms with Gasteiger partial charge >= 0.3 is 0 Å². The molecule has 0 aliphatic heterocycles. The van der Waals surface area contributed by atoms with E-state index in [0.717, 1.165) is 5.59 Å². The van der Waals surface area contributed by atoms with Crippen LogP contribution in [-0.2, 0) is 0 Å². The summed E-state index contributed by atoms with van der Waals surface area (Å²) < 4.78 is 0. The molecule has 3 heteroatoms. The number of hydrogen-bond donors (Lipinski definition) is 1. The molecule has 0 aliphatic rings. The molecule has 0 spiro atoms. The molecule has 0 unspecified atom stereocenters. The Labute approximate surface area is 49.9 Å². The van der Waals surface area contributed by atoms with E-state index in [0.29, 0.717) is 0 Å². The maximum atomic E-state index is 3.98. The molecule has 0 fully saturated rings. The van der Waals surface area contributed by atoms with Gasteiger partial charge in [-0.25, -0.2) is 0 Å². The highest BCUT2D eigenvalue weighted by Crippen LogP contribution is 1.70. The summed E-state index contributed by atoms with van der Waals surface area (Å²) in [6.07, 6.45) is 1.79. The molecule has 0 amide bonds. The van der Waals surface area contributed by atoms with Crippen LogP contribution in [0.1, 0.15) is 0 Å². The lowest BCUT2D eigenvalue weighted by Crippen LogP contribution is -2.04. The zero-order chi connectivity index (χ0) is 5.11. The summed E-state index contributed by atoms with van der Waals surface area (Å²) >= 11 is 0. The average Bonchev–Trinajstić information content (AvgIpc) is 1.69. The van der Waals surface area contributed by atoms with Crippen LogP contribution >= 0.6 is 0 Å². The van der Waals surface area contributed by atoms with E-state index in [9.17, 15) is 0 Å². The van der Waals surface area contributed by atoms with Gasteiger partial charge in [-0.2, -0.15) is 0 Å². The standard InChI is InChI=1S/C5H6BN.H3N/c6-5-3-1-2-4-7-5;/h1-4H,6H2;1H3. The smallest absolute Gasteiger partial charge is 0.163 e. The van der Waals surface area contributed by atoms with Crippen molar-refractivity contribution in [3.8, 4) is 0 Å². The summed E-state index contributed by atoms with van der Waals surface area (Å²) in [6, 6.07) is 5.86. The van der Waals surface area contributed by atoms with E-state index in [1.165, 1.54) is 0 Å². The molecule has 0 saturated carbocycles. The van der Waals surface area contributed by atoms with Crippen LogP contribution in [0.25, 0.3) is 0 Å². The molecule has 1 rings (SSSR count). The third-order valence-electron chi connectivity index (χ3n) is 0.813. The van der Waals surface area contributed by atoms with E-state index in [1.807, 2.05) is 26.0 Å². The fourth-order valence-corrected chi connectivity index (χ4v) is 0.448. The van der Waals surface area contributed by atoms with Crippen molar-refractivity contribution in [1.82, 2.24) is 11.1 Å². The van der Waals surface area contributed by atoms with Gasteiger partial charge < -0.3 is 6.15 Å². The fraction of sp³-hybridized carbons (Fsp3) is 0.